The molecule has 0 aliphatic carbocycles. The lowest BCUT2D eigenvalue weighted by Gasteiger charge is -2.13. The highest BCUT2D eigenvalue weighted by molar-refractivity contribution is 7.80. The molecule has 0 saturated heterocycles. The van der Waals surface area contributed by atoms with Crippen LogP contribution in [0.4, 0.5) is 20.2 Å². The first kappa shape index (κ1) is 14.4. The summed E-state index contributed by atoms with van der Waals surface area (Å²) in [5.41, 5.74) is 2.55. The largest absolute Gasteiger partial charge is 0.332 e. The maximum Gasteiger partial charge on any atom is 0.175 e. The number of thiocarbonyl (C=S) groups is 1. The summed E-state index contributed by atoms with van der Waals surface area (Å²) in [5, 5.41) is 6.03. The molecular weight excluding hydrogens is 278 g/mol. The van der Waals surface area contributed by atoms with Crippen molar-refractivity contribution >= 4 is 28.7 Å². The van der Waals surface area contributed by atoms with Gasteiger partial charge >= 0.3 is 0 Å². The molecule has 0 bridgehead atoms. The van der Waals surface area contributed by atoms with Gasteiger partial charge in [-0.25, -0.2) is 8.78 Å². The number of nitrogens with one attached hydrogen (secondary N) is 2. The Hall–Kier alpha value is -2.01. The summed E-state index contributed by atoms with van der Waals surface area (Å²) < 4.78 is 26.6. The van der Waals surface area contributed by atoms with E-state index in [4.69, 9.17) is 12.2 Å². The van der Waals surface area contributed by atoms with E-state index in [1.54, 1.807) is 25.1 Å². The first-order chi connectivity index (χ1) is 9.45. The van der Waals surface area contributed by atoms with E-state index in [2.05, 4.69) is 10.6 Å². The normalized spacial score (nSPS) is 10.2. The highest BCUT2D eigenvalue weighted by Gasteiger charge is 2.05. The number of benzene rings is 2. The lowest BCUT2D eigenvalue weighted by atomic mass is 10.2. The van der Waals surface area contributed by atoms with Gasteiger partial charge in [0.05, 0.1) is 0 Å². The Morgan fingerprint density at radius 3 is 2.35 bits per heavy atom. The fraction of sp³-hybridized carbons (Fsp3) is 0.133. The zero-order chi connectivity index (χ0) is 14.7. The van der Waals surface area contributed by atoms with Crippen LogP contribution in [0.1, 0.15) is 11.1 Å². The second-order valence-electron chi connectivity index (χ2n) is 4.50. The Labute approximate surface area is 121 Å². The molecule has 0 amide bonds. The van der Waals surface area contributed by atoms with E-state index in [9.17, 15) is 8.78 Å². The van der Waals surface area contributed by atoms with Gasteiger partial charge in [0.15, 0.2) is 5.11 Å². The molecule has 20 heavy (non-hydrogen) atoms. The fourth-order valence-electron chi connectivity index (χ4n) is 1.68. The minimum absolute atomic E-state index is 0.280. The van der Waals surface area contributed by atoms with Crippen molar-refractivity contribution < 1.29 is 8.78 Å². The summed E-state index contributed by atoms with van der Waals surface area (Å²) in [6, 6.07) is 9.15. The molecule has 0 aromatic heterocycles. The van der Waals surface area contributed by atoms with Gasteiger partial charge in [0.2, 0.25) is 0 Å². The molecule has 2 aromatic carbocycles. The maximum atomic E-state index is 13.4. The number of aryl methyl sites for hydroxylation is 2. The van der Waals surface area contributed by atoms with Crippen LogP contribution in [-0.2, 0) is 0 Å². The van der Waals surface area contributed by atoms with Gasteiger partial charge in [-0.05, 0) is 61.5 Å². The average Bonchev–Trinajstić information content (AvgIpc) is 2.38. The Morgan fingerprint density at radius 1 is 0.950 bits per heavy atom. The van der Waals surface area contributed by atoms with Crippen molar-refractivity contribution in [1.29, 1.82) is 0 Å². The Kier molecular flexibility index (Phi) is 4.29. The van der Waals surface area contributed by atoms with Gasteiger partial charge in [0.25, 0.3) is 0 Å². The van der Waals surface area contributed by atoms with Crippen molar-refractivity contribution in [2.75, 3.05) is 10.6 Å². The average molecular weight is 292 g/mol. The first-order valence-electron chi connectivity index (χ1n) is 6.06. The van der Waals surface area contributed by atoms with Gasteiger partial charge in [-0.2, -0.15) is 0 Å². The summed E-state index contributed by atoms with van der Waals surface area (Å²) >= 11 is 5.13. The highest BCUT2D eigenvalue weighted by atomic mass is 32.1. The maximum absolute atomic E-state index is 13.4. The standard InChI is InChI=1S/C15H14F2N2S/c1-9-4-6-12(8-13(9)17)18-15(20)19-14-7-11(16)5-3-10(14)2/h3-8H,1-2H3,(H2,18,19,20). The van der Waals surface area contributed by atoms with Crippen LogP contribution < -0.4 is 10.6 Å². The quantitative estimate of drug-likeness (QED) is 0.803. The molecule has 0 heterocycles. The molecule has 2 aromatic rings. The van der Waals surface area contributed by atoms with Crippen LogP contribution in [0.3, 0.4) is 0 Å². The van der Waals surface area contributed by atoms with Crippen LogP contribution in [0.25, 0.3) is 0 Å². The van der Waals surface area contributed by atoms with E-state index in [0.717, 1.165) is 5.56 Å². The van der Waals surface area contributed by atoms with Crippen LogP contribution in [0.2, 0.25) is 0 Å². The van der Waals surface area contributed by atoms with E-state index < -0.39 is 0 Å². The molecule has 0 spiro atoms. The van der Waals surface area contributed by atoms with Crippen LogP contribution in [0, 0.1) is 25.5 Å². The molecule has 104 valence electrons. The van der Waals surface area contributed by atoms with Crippen molar-refractivity contribution in [3.63, 3.8) is 0 Å². The number of anilines is 2. The summed E-state index contributed by atoms with van der Waals surface area (Å²) in [6.45, 7) is 3.53. The predicted octanol–water partition coefficient (Wildman–Crippen LogP) is 4.39. The van der Waals surface area contributed by atoms with Crippen molar-refractivity contribution in [3.05, 3.63) is 59.2 Å². The number of halogens is 2. The third kappa shape index (κ3) is 3.51. The number of rotatable bonds is 2. The van der Waals surface area contributed by atoms with Crippen LogP contribution in [-0.4, -0.2) is 5.11 Å². The Bertz CT molecular complexity index is 656. The van der Waals surface area contributed by atoms with E-state index in [1.807, 2.05) is 6.92 Å². The molecule has 5 heteroatoms. The minimum atomic E-state index is -0.345. The van der Waals surface area contributed by atoms with Crippen LogP contribution in [0.5, 0.6) is 0 Å². The van der Waals surface area contributed by atoms with E-state index >= 15 is 0 Å². The van der Waals surface area contributed by atoms with E-state index in [0.29, 0.717) is 16.9 Å². The fourth-order valence-corrected chi connectivity index (χ4v) is 1.91. The molecule has 2 N–H and O–H groups in total. The minimum Gasteiger partial charge on any atom is -0.332 e. The molecular formula is C15H14F2N2S. The SMILES string of the molecule is Cc1ccc(NC(=S)Nc2cc(F)ccc2C)cc1F. The molecule has 0 fully saturated rings. The second kappa shape index (κ2) is 5.96. The molecule has 0 unspecified atom stereocenters. The smallest absolute Gasteiger partial charge is 0.175 e. The summed E-state index contributed by atoms with van der Waals surface area (Å²) in [5.74, 6) is -0.651. The van der Waals surface area contributed by atoms with E-state index in [1.165, 1.54) is 18.2 Å². The third-order valence-electron chi connectivity index (χ3n) is 2.88. The molecule has 2 nitrogen and oxygen atoms in total. The van der Waals surface area contributed by atoms with Gasteiger partial charge in [-0.15, -0.1) is 0 Å². The molecule has 0 saturated carbocycles. The number of hydrogen-bond donors (Lipinski definition) is 2. The van der Waals surface area contributed by atoms with Gasteiger partial charge in [0.1, 0.15) is 11.6 Å². The molecule has 0 radical (unpaired) electrons. The lowest BCUT2D eigenvalue weighted by Crippen LogP contribution is -2.19. The lowest BCUT2D eigenvalue weighted by molar-refractivity contribution is 0.619. The monoisotopic (exact) mass is 292 g/mol. The zero-order valence-corrected chi connectivity index (χ0v) is 11.9. The summed E-state index contributed by atoms with van der Waals surface area (Å²) in [4.78, 5) is 0. The highest BCUT2D eigenvalue weighted by Crippen LogP contribution is 2.17. The first-order valence-corrected chi connectivity index (χ1v) is 6.47. The van der Waals surface area contributed by atoms with Crippen molar-refractivity contribution in [2.45, 2.75) is 13.8 Å². The Balaban J connectivity index is 2.09. The summed E-state index contributed by atoms with van der Waals surface area (Å²) in [6.07, 6.45) is 0. The van der Waals surface area contributed by atoms with Gasteiger partial charge in [-0.3, -0.25) is 0 Å². The zero-order valence-electron chi connectivity index (χ0n) is 11.1. The van der Waals surface area contributed by atoms with E-state index in [-0.39, 0.29) is 16.7 Å². The molecule has 0 aliphatic heterocycles. The Morgan fingerprint density at radius 2 is 1.65 bits per heavy atom. The van der Waals surface area contributed by atoms with Gasteiger partial charge in [0, 0.05) is 11.4 Å². The molecule has 0 aliphatic rings. The van der Waals surface area contributed by atoms with Gasteiger partial charge < -0.3 is 10.6 Å². The van der Waals surface area contributed by atoms with Crippen LogP contribution >= 0.6 is 12.2 Å². The third-order valence-corrected chi connectivity index (χ3v) is 3.08. The van der Waals surface area contributed by atoms with Crippen molar-refractivity contribution in [2.24, 2.45) is 0 Å². The van der Waals surface area contributed by atoms with Gasteiger partial charge in [-0.1, -0.05) is 12.1 Å². The van der Waals surface area contributed by atoms with Crippen LogP contribution in [0.15, 0.2) is 36.4 Å². The number of hydrogen-bond acceptors (Lipinski definition) is 1. The topological polar surface area (TPSA) is 24.1 Å². The molecule has 2 rings (SSSR count). The van der Waals surface area contributed by atoms with Crippen molar-refractivity contribution in [3.8, 4) is 0 Å². The van der Waals surface area contributed by atoms with Crippen molar-refractivity contribution in [1.82, 2.24) is 0 Å². The molecule has 0 atom stereocenters. The predicted molar refractivity (Wildman–Crippen MR) is 82.1 cm³/mol. The second-order valence-corrected chi connectivity index (χ2v) is 4.91. The summed E-state index contributed by atoms with van der Waals surface area (Å²) in [7, 11) is 0.